The van der Waals surface area contributed by atoms with Crippen LogP contribution in [-0.2, 0) is 0 Å². The first-order valence-electron chi connectivity index (χ1n) is 5.31. The van der Waals surface area contributed by atoms with Crippen LogP contribution >= 0.6 is 11.3 Å². The van der Waals surface area contributed by atoms with Gasteiger partial charge < -0.3 is 0 Å². The second-order valence-corrected chi connectivity index (χ2v) is 4.68. The zero-order valence-electron chi connectivity index (χ0n) is 8.92. The normalized spacial score (nSPS) is 12.4. The molecule has 1 atom stereocenters. The Balaban J connectivity index is 2.64. The van der Waals surface area contributed by atoms with Crippen molar-refractivity contribution in [2.24, 2.45) is 0 Å². The summed E-state index contributed by atoms with van der Waals surface area (Å²) in [4.78, 5) is 2.23. The minimum Gasteiger partial charge on any atom is -0.192 e. The van der Waals surface area contributed by atoms with Gasteiger partial charge in [-0.05, 0) is 30.9 Å². The van der Waals surface area contributed by atoms with E-state index in [1.807, 2.05) is 6.07 Å². The molecule has 76 valence electrons. The van der Waals surface area contributed by atoms with Gasteiger partial charge in [-0.2, -0.15) is 5.26 Å². The lowest BCUT2D eigenvalue weighted by Gasteiger charge is -2.11. The first kappa shape index (κ1) is 11.3. The Labute approximate surface area is 90.4 Å². The van der Waals surface area contributed by atoms with Crippen LogP contribution in [0.15, 0.2) is 12.1 Å². The summed E-state index contributed by atoms with van der Waals surface area (Å²) in [7, 11) is 0. The molecule has 1 unspecified atom stereocenters. The van der Waals surface area contributed by atoms with Crippen molar-refractivity contribution in [2.45, 2.75) is 45.4 Å². The lowest BCUT2D eigenvalue weighted by Crippen LogP contribution is -1.93. The molecule has 0 aromatic carbocycles. The molecule has 2 heteroatoms. The molecular weight excluding hydrogens is 190 g/mol. The molecule has 0 bridgehead atoms. The van der Waals surface area contributed by atoms with Crippen molar-refractivity contribution in [2.75, 3.05) is 0 Å². The van der Waals surface area contributed by atoms with Gasteiger partial charge in [0, 0.05) is 4.88 Å². The molecule has 0 saturated heterocycles. The quantitative estimate of drug-likeness (QED) is 0.706. The maximum Gasteiger partial charge on any atom is 0.110 e. The zero-order valence-corrected chi connectivity index (χ0v) is 9.73. The van der Waals surface area contributed by atoms with Crippen LogP contribution in [0.2, 0.25) is 0 Å². The Bertz CT molecular complexity index is 308. The summed E-state index contributed by atoms with van der Waals surface area (Å²) >= 11 is 1.65. The minimum absolute atomic E-state index is 0.669. The number of hydrogen-bond donors (Lipinski definition) is 0. The Morgan fingerprint density at radius 3 is 2.71 bits per heavy atom. The van der Waals surface area contributed by atoms with Gasteiger partial charge in [-0.25, -0.2) is 0 Å². The van der Waals surface area contributed by atoms with E-state index in [0.717, 1.165) is 4.88 Å². The van der Waals surface area contributed by atoms with Gasteiger partial charge in [0.2, 0.25) is 0 Å². The van der Waals surface area contributed by atoms with Gasteiger partial charge in [-0.1, -0.05) is 26.7 Å². The minimum atomic E-state index is 0.669. The van der Waals surface area contributed by atoms with Crippen LogP contribution in [0.1, 0.15) is 55.2 Å². The summed E-state index contributed by atoms with van der Waals surface area (Å²) < 4.78 is 0. The molecule has 0 aliphatic carbocycles. The van der Waals surface area contributed by atoms with E-state index in [2.05, 4.69) is 26.0 Å². The molecule has 0 saturated carbocycles. The second-order valence-electron chi connectivity index (χ2n) is 3.56. The third kappa shape index (κ3) is 2.85. The van der Waals surface area contributed by atoms with E-state index in [-0.39, 0.29) is 0 Å². The number of hydrogen-bond acceptors (Lipinski definition) is 2. The van der Waals surface area contributed by atoms with Gasteiger partial charge in [0.05, 0.1) is 0 Å². The maximum atomic E-state index is 8.74. The summed E-state index contributed by atoms with van der Waals surface area (Å²) in [6, 6.07) is 6.26. The molecular formula is C12H17NS. The van der Waals surface area contributed by atoms with E-state index in [1.54, 1.807) is 11.3 Å². The molecule has 1 heterocycles. The fourth-order valence-corrected chi connectivity index (χ4v) is 2.65. The van der Waals surface area contributed by atoms with Crippen molar-refractivity contribution in [3.8, 4) is 6.07 Å². The van der Waals surface area contributed by atoms with Gasteiger partial charge in [0.15, 0.2) is 0 Å². The summed E-state index contributed by atoms with van der Waals surface area (Å²) in [6.07, 6.45) is 5.00. The van der Waals surface area contributed by atoms with Crippen LogP contribution < -0.4 is 0 Å². The molecule has 0 aliphatic heterocycles. The molecule has 0 fully saturated rings. The van der Waals surface area contributed by atoms with Crippen LogP contribution in [0, 0.1) is 11.3 Å². The summed E-state index contributed by atoms with van der Waals surface area (Å²) in [5.41, 5.74) is 0. The Hall–Kier alpha value is -0.810. The van der Waals surface area contributed by atoms with E-state index in [4.69, 9.17) is 5.26 Å². The molecule has 0 N–H and O–H groups in total. The van der Waals surface area contributed by atoms with Crippen LogP contribution in [-0.4, -0.2) is 0 Å². The number of rotatable bonds is 5. The van der Waals surface area contributed by atoms with Gasteiger partial charge in [-0.15, -0.1) is 11.3 Å². The molecule has 0 radical (unpaired) electrons. The monoisotopic (exact) mass is 207 g/mol. The molecule has 1 rings (SSSR count). The average Bonchev–Trinajstić information content (AvgIpc) is 2.68. The first-order valence-corrected chi connectivity index (χ1v) is 6.13. The van der Waals surface area contributed by atoms with Crippen molar-refractivity contribution in [1.29, 1.82) is 5.26 Å². The van der Waals surface area contributed by atoms with Gasteiger partial charge in [-0.3, -0.25) is 0 Å². The average molecular weight is 207 g/mol. The molecule has 0 amide bonds. The van der Waals surface area contributed by atoms with E-state index in [0.29, 0.717) is 5.92 Å². The first-order chi connectivity index (χ1) is 6.81. The molecule has 1 nitrogen and oxygen atoms in total. The zero-order chi connectivity index (χ0) is 10.4. The van der Waals surface area contributed by atoms with Crippen molar-refractivity contribution in [1.82, 2.24) is 0 Å². The van der Waals surface area contributed by atoms with Gasteiger partial charge in [0.25, 0.3) is 0 Å². The maximum absolute atomic E-state index is 8.74. The summed E-state index contributed by atoms with van der Waals surface area (Å²) in [5.74, 6) is 0.669. The largest absolute Gasteiger partial charge is 0.192 e. The highest BCUT2D eigenvalue weighted by Crippen LogP contribution is 2.30. The van der Waals surface area contributed by atoms with E-state index in [9.17, 15) is 0 Å². The van der Waals surface area contributed by atoms with Gasteiger partial charge >= 0.3 is 0 Å². The van der Waals surface area contributed by atoms with Crippen molar-refractivity contribution >= 4 is 11.3 Å². The van der Waals surface area contributed by atoms with Crippen LogP contribution in [0.4, 0.5) is 0 Å². The van der Waals surface area contributed by atoms with Crippen LogP contribution in [0.5, 0.6) is 0 Å². The predicted octanol–water partition coefficient (Wildman–Crippen LogP) is 4.30. The Morgan fingerprint density at radius 1 is 1.43 bits per heavy atom. The van der Waals surface area contributed by atoms with E-state index >= 15 is 0 Å². The van der Waals surface area contributed by atoms with E-state index < -0.39 is 0 Å². The highest BCUT2D eigenvalue weighted by molar-refractivity contribution is 7.12. The molecule has 0 spiro atoms. The molecule has 1 aromatic rings. The molecule has 0 aliphatic rings. The topological polar surface area (TPSA) is 23.8 Å². The fourth-order valence-electron chi connectivity index (χ4n) is 1.63. The van der Waals surface area contributed by atoms with Gasteiger partial charge in [0.1, 0.15) is 10.9 Å². The summed E-state index contributed by atoms with van der Waals surface area (Å²) in [6.45, 7) is 4.45. The lowest BCUT2D eigenvalue weighted by molar-refractivity contribution is 0.577. The highest BCUT2D eigenvalue weighted by atomic mass is 32.1. The Morgan fingerprint density at radius 2 is 2.21 bits per heavy atom. The predicted molar refractivity (Wildman–Crippen MR) is 61.6 cm³/mol. The lowest BCUT2D eigenvalue weighted by atomic mass is 9.98. The van der Waals surface area contributed by atoms with Crippen molar-refractivity contribution in [3.63, 3.8) is 0 Å². The SMILES string of the molecule is CCCCC(CC)c1ccc(C#N)s1. The highest BCUT2D eigenvalue weighted by Gasteiger charge is 2.11. The Kier molecular flexibility index (Phi) is 4.69. The van der Waals surface area contributed by atoms with Crippen LogP contribution in [0.25, 0.3) is 0 Å². The third-order valence-corrected chi connectivity index (χ3v) is 3.69. The van der Waals surface area contributed by atoms with Crippen molar-refractivity contribution < 1.29 is 0 Å². The standard InChI is InChI=1S/C12H17NS/c1-3-5-6-10(4-2)12-8-7-11(9-13)14-12/h7-8,10H,3-6H2,1-2H3. The third-order valence-electron chi connectivity index (χ3n) is 2.54. The number of nitrogens with zero attached hydrogens (tertiary/aromatic N) is 1. The summed E-state index contributed by atoms with van der Waals surface area (Å²) in [5, 5.41) is 8.74. The van der Waals surface area contributed by atoms with E-state index in [1.165, 1.54) is 30.6 Å². The second kappa shape index (κ2) is 5.82. The number of unbranched alkanes of at least 4 members (excludes halogenated alkanes) is 1. The smallest absolute Gasteiger partial charge is 0.110 e. The fraction of sp³-hybridized carbons (Fsp3) is 0.583. The number of nitriles is 1. The van der Waals surface area contributed by atoms with Crippen LogP contribution in [0.3, 0.4) is 0 Å². The number of thiophene rings is 1. The molecule has 14 heavy (non-hydrogen) atoms. The van der Waals surface area contributed by atoms with Crippen molar-refractivity contribution in [3.05, 3.63) is 21.9 Å². The molecule has 1 aromatic heterocycles.